The van der Waals surface area contributed by atoms with Crippen molar-refractivity contribution in [2.24, 2.45) is 0 Å². The highest BCUT2D eigenvalue weighted by Crippen LogP contribution is 2.14. The molecule has 1 aromatic carbocycles. The molecule has 0 bridgehead atoms. The van der Waals surface area contributed by atoms with E-state index >= 15 is 0 Å². The van der Waals surface area contributed by atoms with Gasteiger partial charge in [-0.3, -0.25) is 9.59 Å². The molecule has 0 fully saturated rings. The maximum atomic E-state index is 13.6. The van der Waals surface area contributed by atoms with E-state index in [1.165, 1.54) is 25.3 Å². The summed E-state index contributed by atoms with van der Waals surface area (Å²) in [4.78, 5) is 23.8. The van der Waals surface area contributed by atoms with Crippen molar-refractivity contribution < 1.29 is 18.4 Å². The number of hydrogen-bond donors (Lipinski definition) is 2. The van der Waals surface area contributed by atoms with Gasteiger partial charge in [0.25, 0.3) is 5.91 Å². The molecule has 2 amide bonds. The molecule has 5 nitrogen and oxygen atoms in total. The van der Waals surface area contributed by atoms with Crippen LogP contribution in [0.5, 0.6) is 0 Å². The van der Waals surface area contributed by atoms with E-state index < -0.39 is 23.7 Å². The number of rotatable bonds is 5. The van der Waals surface area contributed by atoms with Crippen molar-refractivity contribution in [3.05, 3.63) is 58.8 Å². The third-order valence-corrected chi connectivity index (χ3v) is 3.17. The molecular formula is C15H14ClFN2O3. The minimum atomic E-state index is -0.822. The van der Waals surface area contributed by atoms with Gasteiger partial charge in [-0.05, 0) is 37.3 Å². The number of amides is 2. The lowest BCUT2D eigenvalue weighted by atomic mass is 10.2. The highest BCUT2D eigenvalue weighted by molar-refractivity contribution is 6.30. The van der Waals surface area contributed by atoms with E-state index in [4.69, 9.17) is 16.0 Å². The lowest BCUT2D eigenvalue weighted by Crippen LogP contribution is -2.44. The first-order valence-corrected chi connectivity index (χ1v) is 6.91. The first-order chi connectivity index (χ1) is 10.5. The summed E-state index contributed by atoms with van der Waals surface area (Å²) >= 11 is 5.62. The highest BCUT2D eigenvalue weighted by atomic mass is 35.5. The fourth-order valence-electron chi connectivity index (χ4n) is 1.75. The fraction of sp³-hybridized carbons (Fsp3) is 0.200. The van der Waals surface area contributed by atoms with E-state index in [9.17, 15) is 14.0 Å². The van der Waals surface area contributed by atoms with Gasteiger partial charge in [-0.25, -0.2) is 4.39 Å². The molecule has 1 aromatic heterocycles. The van der Waals surface area contributed by atoms with Crippen molar-refractivity contribution in [3.63, 3.8) is 0 Å². The molecule has 0 aliphatic carbocycles. The summed E-state index contributed by atoms with van der Waals surface area (Å²) < 4.78 is 18.7. The van der Waals surface area contributed by atoms with Crippen molar-refractivity contribution in [1.29, 1.82) is 0 Å². The monoisotopic (exact) mass is 324 g/mol. The molecule has 116 valence electrons. The van der Waals surface area contributed by atoms with Gasteiger partial charge in [-0.15, -0.1) is 0 Å². The summed E-state index contributed by atoms with van der Waals surface area (Å²) in [5.41, 5.74) is -0.171. The number of furan rings is 1. The van der Waals surface area contributed by atoms with E-state index in [0.717, 1.165) is 6.07 Å². The first-order valence-electron chi connectivity index (χ1n) is 6.53. The molecular weight excluding hydrogens is 311 g/mol. The number of carbonyl (C=O) groups is 2. The fourth-order valence-corrected chi connectivity index (χ4v) is 1.91. The van der Waals surface area contributed by atoms with Gasteiger partial charge in [0.15, 0.2) is 0 Å². The van der Waals surface area contributed by atoms with Gasteiger partial charge in [0.2, 0.25) is 5.91 Å². The number of nitrogens with one attached hydrogen (secondary N) is 2. The number of halogens is 2. The first kappa shape index (κ1) is 16.0. The van der Waals surface area contributed by atoms with Crippen LogP contribution >= 0.6 is 11.6 Å². The quantitative estimate of drug-likeness (QED) is 0.887. The van der Waals surface area contributed by atoms with E-state index in [2.05, 4.69) is 10.6 Å². The molecule has 22 heavy (non-hydrogen) atoms. The van der Waals surface area contributed by atoms with Gasteiger partial charge in [-0.2, -0.15) is 0 Å². The predicted octanol–water partition coefficient (Wildman–Crippen LogP) is 2.51. The third-order valence-electron chi connectivity index (χ3n) is 2.93. The second-order valence-corrected chi connectivity index (χ2v) is 5.05. The lowest BCUT2D eigenvalue weighted by molar-refractivity contribution is -0.122. The van der Waals surface area contributed by atoms with Gasteiger partial charge in [0.1, 0.15) is 17.6 Å². The van der Waals surface area contributed by atoms with Crippen LogP contribution in [0.15, 0.2) is 41.0 Å². The second kappa shape index (κ2) is 7.09. The SMILES string of the molecule is CC(NC(=O)c1ccc(Cl)cc1F)C(=O)NCc1ccco1. The zero-order valence-electron chi connectivity index (χ0n) is 11.7. The molecule has 0 radical (unpaired) electrons. The largest absolute Gasteiger partial charge is 0.467 e. The zero-order chi connectivity index (χ0) is 16.1. The molecule has 1 heterocycles. The zero-order valence-corrected chi connectivity index (χ0v) is 12.5. The smallest absolute Gasteiger partial charge is 0.254 e. The molecule has 7 heteroatoms. The summed E-state index contributed by atoms with van der Waals surface area (Å²) in [7, 11) is 0. The average Bonchev–Trinajstić information content (AvgIpc) is 2.97. The number of benzene rings is 1. The van der Waals surface area contributed by atoms with Crippen molar-refractivity contribution in [2.45, 2.75) is 19.5 Å². The molecule has 0 saturated heterocycles. The molecule has 2 aromatic rings. The molecule has 1 atom stereocenters. The highest BCUT2D eigenvalue weighted by Gasteiger charge is 2.19. The van der Waals surface area contributed by atoms with Crippen molar-refractivity contribution in [2.75, 3.05) is 0 Å². The minimum Gasteiger partial charge on any atom is -0.467 e. The third kappa shape index (κ3) is 4.08. The molecule has 2 N–H and O–H groups in total. The van der Waals surface area contributed by atoms with Crippen LogP contribution in [0, 0.1) is 5.82 Å². The van der Waals surface area contributed by atoms with Gasteiger partial charge < -0.3 is 15.1 Å². The summed E-state index contributed by atoms with van der Waals surface area (Å²) in [6, 6.07) is 6.31. The Balaban J connectivity index is 1.91. The molecule has 1 unspecified atom stereocenters. The van der Waals surface area contributed by atoms with Crippen LogP contribution in [0.25, 0.3) is 0 Å². The topological polar surface area (TPSA) is 71.3 Å². The predicted molar refractivity (Wildman–Crippen MR) is 78.9 cm³/mol. The van der Waals surface area contributed by atoms with Crippen LogP contribution in [0.2, 0.25) is 5.02 Å². The Morgan fingerprint density at radius 1 is 1.36 bits per heavy atom. The van der Waals surface area contributed by atoms with Crippen LogP contribution in [0.4, 0.5) is 4.39 Å². The Kier molecular flexibility index (Phi) is 5.16. The maximum Gasteiger partial charge on any atom is 0.254 e. The maximum absolute atomic E-state index is 13.6. The Bertz CT molecular complexity index is 673. The van der Waals surface area contributed by atoms with Crippen LogP contribution in [0.1, 0.15) is 23.0 Å². The summed E-state index contributed by atoms with van der Waals surface area (Å²) in [5.74, 6) is -1.24. The second-order valence-electron chi connectivity index (χ2n) is 4.62. The number of hydrogen-bond acceptors (Lipinski definition) is 3. The molecule has 0 aliphatic heterocycles. The van der Waals surface area contributed by atoms with Crippen LogP contribution < -0.4 is 10.6 Å². The Morgan fingerprint density at radius 2 is 2.14 bits per heavy atom. The van der Waals surface area contributed by atoms with Crippen molar-refractivity contribution in [3.8, 4) is 0 Å². The van der Waals surface area contributed by atoms with Crippen LogP contribution in [-0.2, 0) is 11.3 Å². The number of carbonyl (C=O) groups excluding carboxylic acids is 2. The van der Waals surface area contributed by atoms with Gasteiger partial charge in [-0.1, -0.05) is 11.6 Å². The van der Waals surface area contributed by atoms with Gasteiger partial charge in [0, 0.05) is 5.02 Å². The van der Waals surface area contributed by atoms with E-state index in [-0.39, 0.29) is 17.1 Å². The molecule has 0 spiro atoms. The van der Waals surface area contributed by atoms with Gasteiger partial charge >= 0.3 is 0 Å². The summed E-state index contributed by atoms with van der Waals surface area (Å²) in [6.07, 6.45) is 1.50. The van der Waals surface area contributed by atoms with Crippen LogP contribution in [-0.4, -0.2) is 17.9 Å². The molecule has 0 aliphatic rings. The van der Waals surface area contributed by atoms with E-state index in [1.54, 1.807) is 12.1 Å². The molecule has 2 rings (SSSR count). The Labute approximate surface area is 131 Å². The normalized spacial score (nSPS) is 11.8. The molecule has 0 saturated carbocycles. The minimum absolute atomic E-state index is 0.171. The van der Waals surface area contributed by atoms with Crippen molar-refractivity contribution in [1.82, 2.24) is 10.6 Å². The van der Waals surface area contributed by atoms with Crippen LogP contribution in [0.3, 0.4) is 0 Å². The van der Waals surface area contributed by atoms with E-state index in [1.807, 2.05) is 0 Å². The van der Waals surface area contributed by atoms with E-state index in [0.29, 0.717) is 5.76 Å². The van der Waals surface area contributed by atoms with Gasteiger partial charge in [0.05, 0.1) is 18.4 Å². The Hall–Kier alpha value is -2.34. The average molecular weight is 325 g/mol. The standard InChI is InChI=1S/C15H14ClFN2O3/c1-9(14(20)18-8-11-3-2-6-22-11)19-15(21)12-5-4-10(16)7-13(12)17/h2-7,9H,8H2,1H3,(H,18,20)(H,19,21). The summed E-state index contributed by atoms with van der Waals surface area (Å²) in [6.45, 7) is 1.71. The van der Waals surface area contributed by atoms with Crippen molar-refractivity contribution >= 4 is 23.4 Å². The lowest BCUT2D eigenvalue weighted by Gasteiger charge is -2.14. The summed E-state index contributed by atoms with van der Waals surface area (Å²) in [5, 5.41) is 5.22. The Morgan fingerprint density at radius 3 is 2.77 bits per heavy atom.